The molecule has 1 N–H and O–H groups in total. The Morgan fingerprint density at radius 1 is 1.29 bits per heavy atom. The number of nitrogens with zero attached hydrogens (tertiary/aromatic N) is 1. The molecule has 2 fully saturated rings. The molecular formula is C18H26N2O. The Bertz CT molecular complexity index is 507. The van der Waals surface area contributed by atoms with E-state index in [1.54, 1.807) is 0 Å². The van der Waals surface area contributed by atoms with E-state index in [0.29, 0.717) is 11.3 Å². The number of carbonyl (C=O) groups excluding carboxylic acids is 1. The number of hydrogen-bond acceptors (Lipinski definition) is 2. The summed E-state index contributed by atoms with van der Waals surface area (Å²) >= 11 is 0. The van der Waals surface area contributed by atoms with Gasteiger partial charge in [-0.05, 0) is 36.2 Å². The molecule has 3 rings (SSSR count). The summed E-state index contributed by atoms with van der Waals surface area (Å²) in [4.78, 5) is 15.0. The van der Waals surface area contributed by atoms with Crippen LogP contribution in [0.15, 0.2) is 30.3 Å². The summed E-state index contributed by atoms with van der Waals surface area (Å²) in [5, 5.41) is 3.56. The van der Waals surface area contributed by atoms with E-state index < -0.39 is 0 Å². The minimum atomic E-state index is -0.175. The molecule has 1 saturated heterocycles. The van der Waals surface area contributed by atoms with Crippen molar-refractivity contribution in [2.45, 2.75) is 52.2 Å². The Morgan fingerprint density at radius 2 is 1.95 bits per heavy atom. The maximum atomic E-state index is 12.9. The van der Waals surface area contributed by atoms with Crippen molar-refractivity contribution >= 4 is 5.91 Å². The van der Waals surface area contributed by atoms with E-state index >= 15 is 0 Å². The first kappa shape index (κ1) is 14.6. The second-order valence-corrected chi connectivity index (χ2v) is 7.02. The van der Waals surface area contributed by atoms with Crippen LogP contribution in [0.25, 0.3) is 0 Å². The fraction of sp³-hybridized carbons (Fsp3) is 0.611. The first-order valence-electron chi connectivity index (χ1n) is 8.18. The van der Waals surface area contributed by atoms with Gasteiger partial charge in [0.1, 0.15) is 6.04 Å². The van der Waals surface area contributed by atoms with Crippen molar-refractivity contribution in [3.05, 3.63) is 35.9 Å². The lowest BCUT2D eigenvalue weighted by Gasteiger charge is -2.30. The second-order valence-electron chi connectivity index (χ2n) is 7.02. The van der Waals surface area contributed by atoms with Gasteiger partial charge in [-0.15, -0.1) is 0 Å². The molecule has 1 aromatic carbocycles. The Morgan fingerprint density at radius 3 is 2.48 bits per heavy atom. The van der Waals surface area contributed by atoms with E-state index in [4.69, 9.17) is 0 Å². The number of amides is 1. The van der Waals surface area contributed by atoms with Gasteiger partial charge in [0.05, 0.1) is 6.17 Å². The minimum absolute atomic E-state index is 0.159. The van der Waals surface area contributed by atoms with Gasteiger partial charge in [0.25, 0.3) is 0 Å². The zero-order chi connectivity index (χ0) is 15.0. The number of hydrogen-bond donors (Lipinski definition) is 1. The molecule has 0 radical (unpaired) electrons. The van der Waals surface area contributed by atoms with E-state index in [2.05, 4.69) is 31.0 Å². The lowest BCUT2D eigenvalue weighted by Crippen LogP contribution is -2.44. The molecule has 1 saturated carbocycles. The van der Waals surface area contributed by atoms with E-state index in [1.165, 1.54) is 19.3 Å². The third-order valence-corrected chi connectivity index (χ3v) is 5.18. The number of rotatable bonds is 5. The first-order valence-corrected chi connectivity index (χ1v) is 8.18. The summed E-state index contributed by atoms with van der Waals surface area (Å²) in [5.74, 6) is 0.676. The summed E-state index contributed by atoms with van der Waals surface area (Å²) in [7, 11) is 0. The normalized spacial score (nSPS) is 27.4. The van der Waals surface area contributed by atoms with Crippen molar-refractivity contribution in [1.29, 1.82) is 0 Å². The van der Waals surface area contributed by atoms with Gasteiger partial charge in [-0.2, -0.15) is 0 Å². The molecule has 1 aliphatic carbocycles. The van der Waals surface area contributed by atoms with Crippen LogP contribution in [0.4, 0.5) is 0 Å². The molecular weight excluding hydrogens is 260 g/mol. The lowest BCUT2D eigenvalue weighted by molar-refractivity contribution is -0.131. The highest BCUT2D eigenvalue weighted by molar-refractivity contribution is 5.85. The molecule has 1 aliphatic heterocycles. The molecule has 2 aliphatic rings. The van der Waals surface area contributed by atoms with Crippen LogP contribution in [0.2, 0.25) is 0 Å². The fourth-order valence-corrected chi connectivity index (χ4v) is 3.41. The van der Waals surface area contributed by atoms with Crippen LogP contribution < -0.4 is 5.32 Å². The highest BCUT2D eigenvalue weighted by Crippen LogP contribution is 2.50. The van der Waals surface area contributed by atoms with Crippen molar-refractivity contribution in [3.8, 4) is 0 Å². The van der Waals surface area contributed by atoms with Crippen molar-refractivity contribution in [2.75, 3.05) is 6.54 Å². The number of benzene rings is 1. The summed E-state index contributed by atoms with van der Waals surface area (Å²) in [6.45, 7) is 7.55. The third-order valence-electron chi connectivity index (χ3n) is 5.18. The summed E-state index contributed by atoms with van der Waals surface area (Å²) in [6.07, 6.45) is 3.88. The zero-order valence-electron chi connectivity index (χ0n) is 13.3. The second kappa shape index (κ2) is 5.45. The Kier molecular flexibility index (Phi) is 3.78. The van der Waals surface area contributed by atoms with Crippen molar-refractivity contribution in [3.63, 3.8) is 0 Å². The molecule has 114 valence electrons. The molecule has 2 unspecified atom stereocenters. The molecule has 0 bridgehead atoms. The predicted octanol–water partition coefficient (Wildman–Crippen LogP) is 3.33. The Hall–Kier alpha value is -1.35. The average molecular weight is 286 g/mol. The van der Waals surface area contributed by atoms with Gasteiger partial charge in [-0.3, -0.25) is 10.1 Å². The van der Waals surface area contributed by atoms with Crippen LogP contribution >= 0.6 is 0 Å². The standard InChI is InChI=1S/C18H26N2O/c1-4-18(10-11-18)12-20-16(13(2)3)19-15(17(20)21)14-8-6-5-7-9-14/h5-9,13,15-16,19H,4,10-12H2,1-3H3. The van der Waals surface area contributed by atoms with E-state index in [-0.39, 0.29) is 18.1 Å². The van der Waals surface area contributed by atoms with Crippen LogP contribution in [0, 0.1) is 11.3 Å². The molecule has 1 aromatic rings. The molecule has 0 aromatic heterocycles. The van der Waals surface area contributed by atoms with Crippen LogP contribution in [0.1, 0.15) is 51.6 Å². The lowest BCUT2D eigenvalue weighted by atomic mass is 10.0. The Balaban J connectivity index is 1.82. The molecule has 3 heteroatoms. The average Bonchev–Trinajstić information content (AvgIpc) is 3.19. The van der Waals surface area contributed by atoms with Crippen molar-refractivity contribution in [2.24, 2.45) is 11.3 Å². The smallest absolute Gasteiger partial charge is 0.245 e. The van der Waals surface area contributed by atoms with Gasteiger partial charge in [-0.25, -0.2) is 0 Å². The van der Waals surface area contributed by atoms with Gasteiger partial charge < -0.3 is 4.90 Å². The molecule has 0 spiro atoms. The van der Waals surface area contributed by atoms with Gasteiger partial charge in [0, 0.05) is 6.54 Å². The SMILES string of the molecule is CCC1(CN2C(=O)C(c3ccccc3)NC2C(C)C)CC1. The van der Waals surface area contributed by atoms with E-state index in [9.17, 15) is 4.79 Å². The predicted molar refractivity (Wildman–Crippen MR) is 84.6 cm³/mol. The quantitative estimate of drug-likeness (QED) is 0.900. The Labute approximate surface area is 127 Å². The maximum Gasteiger partial charge on any atom is 0.245 e. The van der Waals surface area contributed by atoms with Gasteiger partial charge in [-0.1, -0.05) is 51.1 Å². The van der Waals surface area contributed by atoms with Crippen LogP contribution in [-0.2, 0) is 4.79 Å². The number of nitrogens with one attached hydrogen (secondary N) is 1. The topological polar surface area (TPSA) is 32.3 Å². The fourth-order valence-electron chi connectivity index (χ4n) is 3.41. The molecule has 1 heterocycles. The highest BCUT2D eigenvalue weighted by atomic mass is 16.2. The van der Waals surface area contributed by atoms with Crippen LogP contribution in [0.5, 0.6) is 0 Å². The molecule has 2 atom stereocenters. The first-order chi connectivity index (χ1) is 10.1. The third kappa shape index (κ3) is 2.71. The summed E-state index contributed by atoms with van der Waals surface area (Å²) in [5.41, 5.74) is 1.48. The van der Waals surface area contributed by atoms with Crippen LogP contribution in [0.3, 0.4) is 0 Å². The van der Waals surface area contributed by atoms with E-state index in [0.717, 1.165) is 12.1 Å². The van der Waals surface area contributed by atoms with Crippen molar-refractivity contribution in [1.82, 2.24) is 10.2 Å². The van der Waals surface area contributed by atoms with Crippen molar-refractivity contribution < 1.29 is 4.79 Å². The number of carbonyl (C=O) groups is 1. The largest absolute Gasteiger partial charge is 0.325 e. The minimum Gasteiger partial charge on any atom is -0.325 e. The van der Waals surface area contributed by atoms with Gasteiger partial charge in [0.2, 0.25) is 5.91 Å². The van der Waals surface area contributed by atoms with Gasteiger partial charge >= 0.3 is 0 Å². The zero-order valence-corrected chi connectivity index (χ0v) is 13.3. The van der Waals surface area contributed by atoms with Crippen LogP contribution in [-0.4, -0.2) is 23.5 Å². The molecule has 21 heavy (non-hydrogen) atoms. The van der Waals surface area contributed by atoms with Gasteiger partial charge in [0.15, 0.2) is 0 Å². The van der Waals surface area contributed by atoms with E-state index in [1.807, 2.05) is 30.3 Å². The maximum absolute atomic E-state index is 12.9. The molecule has 1 amide bonds. The highest BCUT2D eigenvalue weighted by Gasteiger charge is 2.48. The monoisotopic (exact) mass is 286 g/mol. The summed E-state index contributed by atoms with van der Waals surface area (Å²) in [6, 6.07) is 9.92. The summed E-state index contributed by atoms with van der Waals surface area (Å²) < 4.78 is 0. The molecule has 3 nitrogen and oxygen atoms in total.